The number of hydrogen-bond acceptors (Lipinski definition) is 3. The van der Waals surface area contributed by atoms with Crippen molar-refractivity contribution in [3.8, 4) is 11.3 Å². The molecular weight excluding hydrogens is 384 g/mol. The Bertz CT molecular complexity index is 534. The standard InChI is InChI=1S/C15H18Br2N2O/c1-2-5-18-6-3-4-15-19-10-14(20-15)11-7-12(16)9-13(17)8-11/h7-10,18H,2-6H2,1H3. The van der Waals surface area contributed by atoms with Crippen molar-refractivity contribution in [3.05, 3.63) is 39.2 Å². The maximum atomic E-state index is 5.81. The molecule has 5 heteroatoms. The van der Waals surface area contributed by atoms with Crippen LogP contribution in [-0.2, 0) is 6.42 Å². The Morgan fingerprint density at radius 2 is 1.90 bits per heavy atom. The Morgan fingerprint density at radius 3 is 2.60 bits per heavy atom. The van der Waals surface area contributed by atoms with E-state index in [1.807, 2.05) is 18.2 Å². The van der Waals surface area contributed by atoms with E-state index in [1.54, 1.807) is 6.20 Å². The van der Waals surface area contributed by atoms with Gasteiger partial charge in [-0.25, -0.2) is 4.98 Å². The molecule has 0 saturated heterocycles. The number of benzene rings is 1. The van der Waals surface area contributed by atoms with Crippen LogP contribution in [0.4, 0.5) is 0 Å². The number of aryl methyl sites for hydroxylation is 1. The lowest BCUT2D eigenvalue weighted by atomic mass is 10.2. The van der Waals surface area contributed by atoms with E-state index >= 15 is 0 Å². The minimum absolute atomic E-state index is 0.800. The molecule has 0 unspecified atom stereocenters. The monoisotopic (exact) mass is 400 g/mol. The van der Waals surface area contributed by atoms with Gasteiger partial charge in [0.1, 0.15) is 0 Å². The molecule has 0 amide bonds. The van der Waals surface area contributed by atoms with Gasteiger partial charge < -0.3 is 9.73 Å². The van der Waals surface area contributed by atoms with Crippen LogP contribution in [0.5, 0.6) is 0 Å². The summed E-state index contributed by atoms with van der Waals surface area (Å²) >= 11 is 6.97. The van der Waals surface area contributed by atoms with Gasteiger partial charge in [-0.2, -0.15) is 0 Å². The smallest absolute Gasteiger partial charge is 0.194 e. The number of nitrogens with zero attached hydrogens (tertiary/aromatic N) is 1. The first-order valence-electron chi connectivity index (χ1n) is 6.81. The molecule has 0 saturated carbocycles. The Labute approximate surface area is 136 Å². The van der Waals surface area contributed by atoms with E-state index in [2.05, 4.69) is 49.1 Å². The number of nitrogens with one attached hydrogen (secondary N) is 1. The second-order valence-electron chi connectivity index (χ2n) is 4.63. The maximum absolute atomic E-state index is 5.81. The first-order chi connectivity index (χ1) is 9.69. The summed E-state index contributed by atoms with van der Waals surface area (Å²) < 4.78 is 7.84. The summed E-state index contributed by atoms with van der Waals surface area (Å²) in [6.45, 7) is 4.25. The van der Waals surface area contributed by atoms with Gasteiger partial charge in [0.2, 0.25) is 0 Å². The minimum atomic E-state index is 0.800. The lowest BCUT2D eigenvalue weighted by Crippen LogP contribution is -2.16. The van der Waals surface area contributed by atoms with E-state index in [0.29, 0.717) is 0 Å². The van der Waals surface area contributed by atoms with Gasteiger partial charge in [-0.05, 0) is 44.1 Å². The molecule has 0 bridgehead atoms. The topological polar surface area (TPSA) is 38.1 Å². The Kier molecular flexibility index (Phi) is 6.26. The van der Waals surface area contributed by atoms with Crippen molar-refractivity contribution in [1.82, 2.24) is 10.3 Å². The van der Waals surface area contributed by atoms with E-state index in [9.17, 15) is 0 Å². The van der Waals surface area contributed by atoms with Crippen LogP contribution in [0.1, 0.15) is 25.7 Å². The predicted molar refractivity (Wildman–Crippen MR) is 88.8 cm³/mol. The summed E-state index contributed by atoms with van der Waals surface area (Å²) in [5, 5.41) is 3.38. The van der Waals surface area contributed by atoms with Crippen molar-refractivity contribution >= 4 is 31.9 Å². The number of hydrogen-bond donors (Lipinski definition) is 1. The van der Waals surface area contributed by atoms with E-state index in [-0.39, 0.29) is 0 Å². The average Bonchev–Trinajstić information content (AvgIpc) is 2.86. The normalized spacial score (nSPS) is 10.9. The third kappa shape index (κ3) is 4.72. The molecule has 0 aliphatic carbocycles. The molecule has 3 nitrogen and oxygen atoms in total. The van der Waals surface area contributed by atoms with Gasteiger partial charge in [-0.3, -0.25) is 0 Å². The molecule has 1 heterocycles. The quantitative estimate of drug-likeness (QED) is 0.677. The number of aromatic nitrogens is 1. The molecule has 0 spiro atoms. The van der Waals surface area contributed by atoms with Crippen molar-refractivity contribution in [3.63, 3.8) is 0 Å². The number of halogens is 2. The van der Waals surface area contributed by atoms with Crippen LogP contribution in [0.25, 0.3) is 11.3 Å². The summed E-state index contributed by atoms with van der Waals surface area (Å²) in [7, 11) is 0. The highest BCUT2D eigenvalue weighted by Gasteiger charge is 2.07. The van der Waals surface area contributed by atoms with Crippen LogP contribution in [0.15, 0.2) is 37.8 Å². The lowest BCUT2D eigenvalue weighted by Gasteiger charge is -2.01. The molecule has 20 heavy (non-hydrogen) atoms. The second-order valence-corrected chi connectivity index (χ2v) is 6.46. The van der Waals surface area contributed by atoms with Gasteiger partial charge in [0, 0.05) is 20.9 Å². The minimum Gasteiger partial charge on any atom is -0.441 e. The first kappa shape index (κ1) is 15.7. The molecule has 0 fully saturated rings. The van der Waals surface area contributed by atoms with Gasteiger partial charge in [0.15, 0.2) is 11.7 Å². The predicted octanol–water partition coefficient (Wildman–Crippen LogP) is 4.80. The molecule has 108 valence electrons. The fourth-order valence-corrected chi connectivity index (χ4v) is 3.22. The summed E-state index contributed by atoms with van der Waals surface area (Å²) in [5.41, 5.74) is 1.02. The van der Waals surface area contributed by atoms with Crippen LogP contribution in [-0.4, -0.2) is 18.1 Å². The van der Waals surface area contributed by atoms with Gasteiger partial charge in [-0.15, -0.1) is 0 Å². The molecule has 2 aromatic rings. The summed E-state index contributed by atoms with van der Waals surface area (Å²) in [6.07, 6.45) is 4.87. The summed E-state index contributed by atoms with van der Waals surface area (Å²) in [6, 6.07) is 6.05. The van der Waals surface area contributed by atoms with Crippen molar-refractivity contribution in [2.45, 2.75) is 26.2 Å². The second kappa shape index (κ2) is 7.96. The van der Waals surface area contributed by atoms with Gasteiger partial charge in [0.25, 0.3) is 0 Å². The molecule has 1 aromatic heterocycles. The first-order valence-corrected chi connectivity index (χ1v) is 8.39. The summed E-state index contributed by atoms with van der Waals surface area (Å²) in [4.78, 5) is 4.34. The third-order valence-electron chi connectivity index (χ3n) is 2.87. The van der Waals surface area contributed by atoms with Crippen LogP contribution < -0.4 is 5.32 Å². The Balaban J connectivity index is 1.94. The SMILES string of the molecule is CCCNCCCc1ncc(-c2cc(Br)cc(Br)c2)o1. The van der Waals surface area contributed by atoms with E-state index < -0.39 is 0 Å². The zero-order valence-electron chi connectivity index (χ0n) is 11.5. The van der Waals surface area contributed by atoms with Crippen LogP contribution in [0, 0.1) is 0 Å². The van der Waals surface area contributed by atoms with Crippen molar-refractivity contribution in [1.29, 1.82) is 0 Å². The molecule has 2 rings (SSSR count). The molecule has 0 aliphatic heterocycles. The fraction of sp³-hybridized carbons (Fsp3) is 0.400. The highest BCUT2D eigenvalue weighted by Crippen LogP contribution is 2.28. The van der Waals surface area contributed by atoms with Gasteiger partial charge in [0.05, 0.1) is 6.20 Å². The molecule has 0 radical (unpaired) electrons. The van der Waals surface area contributed by atoms with Crippen molar-refractivity contribution in [2.24, 2.45) is 0 Å². The fourth-order valence-electron chi connectivity index (χ4n) is 1.92. The number of rotatable bonds is 7. The zero-order valence-corrected chi connectivity index (χ0v) is 14.6. The Hall–Kier alpha value is -0.650. The average molecular weight is 402 g/mol. The van der Waals surface area contributed by atoms with E-state index in [0.717, 1.165) is 52.1 Å². The third-order valence-corrected chi connectivity index (χ3v) is 3.79. The molecule has 0 aliphatic rings. The van der Waals surface area contributed by atoms with Crippen molar-refractivity contribution < 1.29 is 4.42 Å². The van der Waals surface area contributed by atoms with E-state index in [4.69, 9.17) is 4.42 Å². The molecular formula is C15H18Br2N2O. The maximum Gasteiger partial charge on any atom is 0.194 e. The largest absolute Gasteiger partial charge is 0.441 e. The summed E-state index contributed by atoms with van der Waals surface area (Å²) in [5.74, 6) is 1.61. The van der Waals surface area contributed by atoms with Gasteiger partial charge >= 0.3 is 0 Å². The molecule has 1 aromatic carbocycles. The van der Waals surface area contributed by atoms with E-state index in [1.165, 1.54) is 6.42 Å². The zero-order chi connectivity index (χ0) is 14.4. The lowest BCUT2D eigenvalue weighted by molar-refractivity contribution is 0.491. The number of oxazole rings is 1. The highest BCUT2D eigenvalue weighted by molar-refractivity contribution is 9.11. The van der Waals surface area contributed by atoms with Crippen LogP contribution in [0.3, 0.4) is 0 Å². The molecule has 1 N–H and O–H groups in total. The van der Waals surface area contributed by atoms with Crippen LogP contribution in [0.2, 0.25) is 0 Å². The van der Waals surface area contributed by atoms with Crippen LogP contribution >= 0.6 is 31.9 Å². The van der Waals surface area contributed by atoms with Gasteiger partial charge in [-0.1, -0.05) is 38.8 Å². The van der Waals surface area contributed by atoms with Crippen molar-refractivity contribution in [2.75, 3.05) is 13.1 Å². The Morgan fingerprint density at radius 1 is 1.15 bits per heavy atom. The molecule has 0 atom stereocenters. The highest BCUT2D eigenvalue weighted by atomic mass is 79.9.